The van der Waals surface area contributed by atoms with Crippen LogP contribution in [0.15, 0.2) is 18.3 Å². The molecular formula is C11H12N2O3. The Morgan fingerprint density at radius 2 is 2.12 bits per heavy atom. The van der Waals surface area contributed by atoms with E-state index in [1.807, 2.05) is 0 Å². The summed E-state index contributed by atoms with van der Waals surface area (Å²) in [7, 11) is 0. The quantitative estimate of drug-likeness (QED) is 0.798. The van der Waals surface area contributed by atoms with Crippen LogP contribution in [0.25, 0.3) is 0 Å². The van der Waals surface area contributed by atoms with Gasteiger partial charge in [0.1, 0.15) is 5.69 Å². The zero-order valence-corrected chi connectivity index (χ0v) is 8.64. The molecule has 2 N–H and O–H groups in total. The molecule has 5 nitrogen and oxygen atoms in total. The molecule has 1 aliphatic rings. The molecule has 0 aromatic carbocycles. The number of carboxylic acids is 1. The summed E-state index contributed by atoms with van der Waals surface area (Å²) in [5, 5.41) is 11.5. The fourth-order valence-corrected chi connectivity index (χ4v) is 1.48. The lowest BCUT2D eigenvalue weighted by atomic mass is 9.93. The number of aromatic carboxylic acids is 1. The molecule has 1 heterocycles. The van der Waals surface area contributed by atoms with Gasteiger partial charge in [-0.15, -0.1) is 0 Å². The molecular weight excluding hydrogens is 208 g/mol. The summed E-state index contributed by atoms with van der Waals surface area (Å²) in [5.41, 5.74) is 0.345. The third-order valence-electron chi connectivity index (χ3n) is 2.69. The van der Waals surface area contributed by atoms with E-state index in [9.17, 15) is 9.59 Å². The lowest BCUT2D eigenvalue weighted by Gasteiger charge is -2.26. The first-order valence-electron chi connectivity index (χ1n) is 5.17. The third-order valence-corrected chi connectivity index (χ3v) is 2.69. The first-order chi connectivity index (χ1) is 7.66. The van der Waals surface area contributed by atoms with Gasteiger partial charge in [-0.1, -0.05) is 0 Å². The predicted octanol–water partition coefficient (Wildman–Crippen LogP) is 1.06. The number of nitrogens with one attached hydrogen (secondary N) is 1. The SMILES string of the molecule is O=C(NC1CCC1)c1ccc(C(=O)O)nc1. The van der Waals surface area contributed by atoms with Crippen LogP contribution in [0.3, 0.4) is 0 Å². The Labute approximate surface area is 92.5 Å². The normalized spacial score (nSPS) is 15.2. The molecule has 1 aliphatic carbocycles. The fraction of sp³-hybridized carbons (Fsp3) is 0.364. The Bertz CT molecular complexity index is 410. The first-order valence-corrected chi connectivity index (χ1v) is 5.17. The number of carbonyl (C=O) groups excluding carboxylic acids is 1. The minimum absolute atomic E-state index is 0.0554. The van der Waals surface area contributed by atoms with Gasteiger partial charge in [0.2, 0.25) is 0 Å². The maximum Gasteiger partial charge on any atom is 0.354 e. The molecule has 1 fully saturated rings. The van der Waals surface area contributed by atoms with Crippen LogP contribution in [0.4, 0.5) is 0 Å². The van der Waals surface area contributed by atoms with Crippen molar-refractivity contribution in [1.82, 2.24) is 10.3 Å². The lowest BCUT2D eigenvalue weighted by molar-refractivity contribution is 0.0689. The number of nitrogens with zero attached hydrogens (tertiary/aromatic N) is 1. The van der Waals surface area contributed by atoms with Gasteiger partial charge in [0, 0.05) is 12.2 Å². The highest BCUT2D eigenvalue weighted by Crippen LogP contribution is 2.18. The number of carbonyl (C=O) groups is 2. The molecule has 0 unspecified atom stereocenters. The molecule has 1 amide bonds. The average molecular weight is 220 g/mol. The monoisotopic (exact) mass is 220 g/mol. The van der Waals surface area contributed by atoms with Crippen LogP contribution < -0.4 is 5.32 Å². The van der Waals surface area contributed by atoms with Gasteiger partial charge in [-0.05, 0) is 31.4 Å². The molecule has 0 spiro atoms. The molecule has 5 heteroatoms. The number of hydrogen-bond acceptors (Lipinski definition) is 3. The largest absolute Gasteiger partial charge is 0.477 e. The van der Waals surface area contributed by atoms with E-state index in [4.69, 9.17) is 5.11 Å². The molecule has 0 atom stereocenters. The standard InChI is InChI=1S/C11H12N2O3/c14-10(13-8-2-1-3-8)7-4-5-9(11(15)16)12-6-7/h4-6,8H,1-3H2,(H,13,14)(H,15,16). The van der Waals surface area contributed by atoms with E-state index in [0.29, 0.717) is 5.56 Å². The molecule has 2 rings (SSSR count). The van der Waals surface area contributed by atoms with Gasteiger partial charge in [-0.25, -0.2) is 9.78 Å². The van der Waals surface area contributed by atoms with E-state index in [0.717, 1.165) is 19.3 Å². The van der Waals surface area contributed by atoms with Crippen molar-refractivity contribution < 1.29 is 14.7 Å². The Kier molecular flexibility index (Phi) is 2.85. The molecule has 0 aliphatic heterocycles. The molecule has 0 radical (unpaired) electrons. The minimum atomic E-state index is -1.09. The predicted molar refractivity (Wildman–Crippen MR) is 56.3 cm³/mol. The zero-order valence-electron chi connectivity index (χ0n) is 8.64. The van der Waals surface area contributed by atoms with Crippen molar-refractivity contribution in [3.8, 4) is 0 Å². The van der Waals surface area contributed by atoms with Crippen molar-refractivity contribution in [1.29, 1.82) is 0 Å². The molecule has 1 aromatic heterocycles. The summed E-state index contributed by atoms with van der Waals surface area (Å²) in [6.45, 7) is 0. The Morgan fingerprint density at radius 3 is 2.56 bits per heavy atom. The fourth-order valence-electron chi connectivity index (χ4n) is 1.48. The molecule has 0 saturated heterocycles. The van der Waals surface area contributed by atoms with Crippen molar-refractivity contribution in [2.75, 3.05) is 0 Å². The van der Waals surface area contributed by atoms with Gasteiger partial charge in [0.05, 0.1) is 5.56 Å². The van der Waals surface area contributed by atoms with Gasteiger partial charge in [0.25, 0.3) is 5.91 Å². The molecule has 84 valence electrons. The second-order valence-corrected chi connectivity index (χ2v) is 3.84. The molecule has 1 aromatic rings. The third kappa shape index (κ3) is 2.18. The van der Waals surface area contributed by atoms with Crippen molar-refractivity contribution in [3.05, 3.63) is 29.6 Å². The van der Waals surface area contributed by atoms with Gasteiger partial charge in [0.15, 0.2) is 0 Å². The van der Waals surface area contributed by atoms with Crippen LogP contribution in [0.1, 0.15) is 40.1 Å². The number of rotatable bonds is 3. The summed E-state index contributed by atoms with van der Waals surface area (Å²) in [6.07, 6.45) is 4.48. The topological polar surface area (TPSA) is 79.3 Å². The maximum atomic E-state index is 11.6. The van der Waals surface area contributed by atoms with E-state index in [1.165, 1.54) is 18.3 Å². The average Bonchev–Trinajstić information content (AvgIpc) is 2.23. The second-order valence-electron chi connectivity index (χ2n) is 3.84. The number of amides is 1. The van der Waals surface area contributed by atoms with Gasteiger partial charge >= 0.3 is 5.97 Å². The minimum Gasteiger partial charge on any atom is -0.477 e. The molecule has 0 bridgehead atoms. The number of aromatic nitrogens is 1. The van der Waals surface area contributed by atoms with Crippen LogP contribution in [-0.4, -0.2) is 28.0 Å². The van der Waals surface area contributed by atoms with Crippen LogP contribution in [0.2, 0.25) is 0 Å². The van der Waals surface area contributed by atoms with Crippen molar-refractivity contribution >= 4 is 11.9 Å². The van der Waals surface area contributed by atoms with E-state index in [-0.39, 0.29) is 17.6 Å². The van der Waals surface area contributed by atoms with Crippen LogP contribution in [-0.2, 0) is 0 Å². The summed E-state index contributed by atoms with van der Waals surface area (Å²) >= 11 is 0. The highest BCUT2D eigenvalue weighted by Gasteiger charge is 2.20. The summed E-state index contributed by atoms with van der Waals surface area (Å²) in [6, 6.07) is 3.08. The number of carboxylic acid groups (broad SMARTS) is 1. The van der Waals surface area contributed by atoms with Crippen LogP contribution in [0, 0.1) is 0 Å². The Morgan fingerprint density at radius 1 is 1.38 bits per heavy atom. The van der Waals surface area contributed by atoms with Gasteiger partial charge in [-0.2, -0.15) is 0 Å². The smallest absolute Gasteiger partial charge is 0.354 e. The molecule has 16 heavy (non-hydrogen) atoms. The van der Waals surface area contributed by atoms with Crippen LogP contribution in [0.5, 0.6) is 0 Å². The molecule has 1 saturated carbocycles. The van der Waals surface area contributed by atoms with E-state index in [2.05, 4.69) is 10.3 Å². The summed E-state index contributed by atoms with van der Waals surface area (Å²) in [5.74, 6) is -1.28. The van der Waals surface area contributed by atoms with Crippen LogP contribution >= 0.6 is 0 Å². The maximum absolute atomic E-state index is 11.6. The Balaban J connectivity index is 2.02. The number of hydrogen-bond donors (Lipinski definition) is 2. The summed E-state index contributed by atoms with van der Waals surface area (Å²) in [4.78, 5) is 25.9. The lowest BCUT2D eigenvalue weighted by Crippen LogP contribution is -2.39. The second kappa shape index (κ2) is 4.30. The van der Waals surface area contributed by atoms with E-state index >= 15 is 0 Å². The summed E-state index contributed by atoms with van der Waals surface area (Å²) < 4.78 is 0. The van der Waals surface area contributed by atoms with Gasteiger partial charge in [-0.3, -0.25) is 4.79 Å². The first kappa shape index (κ1) is 10.6. The zero-order chi connectivity index (χ0) is 11.5. The van der Waals surface area contributed by atoms with Crippen molar-refractivity contribution in [2.45, 2.75) is 25.3 Å². The number of pyridine rings is 1. The Hall–Kier alpha value is -1.91. The van der Waals surface area contributed by atoms with Crippen molar-refractivity contribution in [3.63, 3.8) is 0 Å². The highest BCUT2D eigenvalue weighted by atomic mass is 16.4. The van der Waals surface area contributed by atoms with Gasteiger partial charge < -0.3 is 10.4 Å². The highest BCUT2D eigenvalue weighted by molar-refractivity contribution is 5.95. The van der Waals surface area contributed by atoms with E-state index in [1.54, 1.807) is 0 Å². The van der Waals surface area contributed by atoms with E-state index < -0.39 is 5.97 Å². The van der Waals surface area contributed by atoms with Crippen molar-refractivity contribution in [2.24, 2.45) is 0 Å².